The van der Waals surface area contributed by atoms with E-state index in [-0.39, 0.29) is 5.56 Å². The van der Waals surface area contributed by atoms with Gasteiger partial charge in [-0.25, -0.2) is 0 Å². The lowest BCUT2D eigenvalue weighted by Gasteiger charge is -2.10. The first-order valence-electron chi connectivity index (χ1n) is 5.54. The second kappa shape index (κ2) is 7.52. The summed E-state index contributed by atoms with van der Waals surface area (Å²) in [6.07, 6.45) is 0. The number of hydrogen-bond donors (Lipinski definition) is 2. The Morgan fingerprint density at radius 3 is 2.61 bits per heavy atom. The van der Waals surface area contributed by atoms with Crippen molar-refractivity contribution < 1.29 is 19.0 Å². The number of primary amides is 1. The predicted octanol–water partition coefficient (Wildman–Crippen LogP) is 0.410. The van der Waals surface area contributed by atoms with Gasteiger partial charge in [0.05, 0.1) is 25.4 Å². The standard InChI is InChI=1S/C12H18N2O4/c1-16-4-5-17-6-7-18-11-3-2-9(13)8-10(11)12(14)15/h2-3,8H,4-7,13H2,1H3,(H2,14,15). The van der Waals surface area contributed by atoms with Gasteiger partial charge in [-0.1, -0.05) is 0 Å². The fraction of sp³-hybridized carbons (Fsp3) is 0.417. The highest BCUT2D eigenvalue weighted by Crippen LogP contribution is 2.20. The molecule has 0 saturated carbocycles. The Balaban J connectivity index is 2.44. The van der Waals surface area contributed by atoms with E-state index in [0.29, 0.717) is 37.9 Å². The molecule has 0 unspecified atom stereocenters. The van der Waals surface area contributed by atoms with Crippen LogP contribution in [-0.2, 0) is 9.47 Å². The van der Waals surface area contributed by atoms with Gasteiger partial charge in [0.25, 0.3) is 5.91 Å². The van der Waals surface area contributed by atoms with Crippen molar-refractivity contribution in [3.05, 3.63) is 23.8 Å². The number of nitrogen functional groups attached to an aromatic ring is 1. The molecule has 0 bridgehead atoms. The summed E-state index contributed by atoms with van der Waals surface area (Å²) in [6, 6.07) is 4.75. The van der Waals surface area contributed by atoms with Crippen LogP contribution >= 0.6 is 0 Å². The molecule has 0 atom stereocenters. The maximum atomic E-state index is 11.2. The van der Waals surface area contributed by atoms with Crippen LogP contribution in [0.25, 0.3) is 0 Å². The monoisotopic (exact) mass is 254 g/mol. The third-order valence-corrected chi connectivity index (χ3v) is 2.19. The van der Waals surface area contributed by atoms with Crippen LogP contribution in [0.15, 0.2) is 18.2 Å². The molecule has 0 spiro atoms. The Hall–Kier alpha value is -1.79. The SMILES string of the molecule is COCCOCCOc1ccc(N)cc1C(N)=O. The average molecular weight is 254 g/mol. The number of carbonyl (C=O) groups excluding carboxylic acids is 1. The number of amides is 1. The Labute approximate surface area is 106 Å². The molecule has 0 aromatic heterocycles. The van der Waals surface area contributed by atoms with Crippen molar-refractivity contribution in [2.45, 2.75) is 0 Å². The highest BCUT2D eigenvalue weighted by Gasteiger charge is 2.09. The summed E-state index contributed by atoms with van der Waals surface area (Å²) in [5, 5.41) is 0. The van der Waals surface area contributed by atoms with Gasteiger partial charge in [0.1, 0.15) is 12.4 Å². The second-order valence-corrected chi connectivity index (χ2v) is 3.57. The minimum atomic E-state index is -0.572. The van der Waals surface area contributed by atoms with Crippen molar-refractivity contribution in [1.82, 2.24) is 0 Å². The summed E-state index contributed by atoms with van der Waals surface area (Å²) < 4.78 is 15.5. The van der Waals surface area contributed by atoms with Gasteiger partial charge in [-0.05, 0) is 18.2 Å². The van der Waals surface area contributed by atoms with Gasteiger partial charge in [0, 0.05) is 12.8 Å². The van der Waals surface area contributed by atoms with E-state index in [1.54, 1.807) is 19.2 Å². The Kier molecular flexibility index (Phi) is 5.96. The van der Waals surface area contributed by atoms with E-state index in [0.717, 1.165) is 0 Å². The molecule has 0 fully saturated rings. The largest absolute Gasteiger partial charge is 0.490 e. The lowest BCUT2D eigenvalue weighted by molar-refractivity contribution is 0.0542. The Bertz CT molecular complexity index is 396. The van der Waals surface area contributed by atoms with Crippen molar-refractivity contribution in [3.63, 3.8) is 0 Å². The van der Waals surface area contributed by atoms with E-state index in [4.69, 9.17) is 25.7 Å². The maximum absolute atomic E-state index is 11.2. The zero-order valence-corrected chi connectivity index (χ0v) is 10.3. The molecule has 0 radical (unpaired) electrons. The fourth-order valence-electron chi connectivity index (χ4n) is 1.32. The summed E-state index contributed by atoms with van der Waals surface area (Å²) in [6.45, 7) is 1.78. The van der Waals surface area contributed by atoms with E-state index in [2.05, 4.69) is 0 Å². The van der Waals surface area contributed by atoms with Crippen LogP contribution in [0.3, 0.4) is 0 Å². The van der Waals surface area contributed by atoms with Gasteiger partial charge in [-0.3, -0.25) is 4.79 Å². The van der Waals surface area contributed by atoms with E-state index in [1.165, 1.54) is 6.07 Å². The molecule has 1 amide bonds. The number of carbonyl (C=O) groups is 1. The first kappa shape index (κ1) is 14.3. The maximum Gasteiger partial charge on any atom is 0.252 e. The van der Waals surface area contributed by atoms with Crippen LogP contribution in [0, 0.1) is 0 Å². The number of methoxy groups -OCH3 is 1. The number of nitrogens with two attached hydrogens (primary N) is 2. The van der Waals surface area contributed by atoms with Gasteiger partial charge in [-0.2, -0.15) is 0 Å². The van der Waals surface area contributed by atoms with E-state index in [9.17, 15) is 4.79 Å². The molecule has 0 aliphatic rings. The normalized spacial score (nSPS) is 10.3. The zero-order valence-electron chi connectivity index (χ0n) is 10.3. The van der Waals surface area contributed by atoms with Crippen molar-refractivity contribution >= 4 is 11.6 Å². The number of rotatable bonds is 8. The van der Waals surface area contributed by atoms with Gasteiger partial charge < -0.3 is 25.7 Å². The summed E-state index contributed by atoms with van der Waals surface area (Å²) in [7, 11) is 1.60. The van der Waals surface area contributed by atoms with Gasteiger partial charge >= 0.3 is 0 Å². The van der Waals surface area contributed by atoms with E-state index >= 15 is 0 Å². The molecular formula is C12H18N2O4. The van der Waals surface area contributed by atoms with Crippen molar-refractivity contribution in [1.29, 1.82) is 0 Å². The molecule has 6 heteroatoms. The predicted molar refractivity (Wildman–Crippen MR) is 67.6 cm³/mol. The first-order valence-corrected chi connectivity index (χ1v) is 5.54. The number of hydrogen-bond acceptors (Lipinski definition) is 5. The molecule has 100 valence electrons. The molecule has 0 aliphatic carbocycles. The highest BCUT2D eigenvalue weighted by atomic mass is 16.5. The minimum absolute atomic E-state index is 0.270. The molecule has 6 nitrogen and oxygen atoms in total. The lowest BCUT2D eigenvalue weighted by Crippen LogP contribution is -2.15. The van der Waals surface area contributed by atoms with Crippen LogP contribution in [0.2, 0.25) is 0 Å². The topological polar surface area (TPSA) is 96.8 Å². The molecule has 0 saturated heterocycles. The fourth-order valence-corrected chi connectivity index (χ4v) is 1.32. The van der Waals surface area contributed by atoms with Crippen molar-refractivity contribution in [2.75, 3.05) is 39.3 Å². The lowest BCUT2D eigenvalue weighted by atomic mass is 10.1. The van der Waals surface area contributed by atoms with Crippen LogP contribution in [0.5, 0.6) is 5.75 Å². The first-order chi connectivity index (χ1) is 8.65. The van der Waals surface area contributed by atoms with Crippen molar-refractivity contribution in [3.8, 4) is 5.75 Å². The van der Waals surface area contributed by atoms with Crippen LogP contribution in [0.1, 0.15) is 10.4 Å². The number of anilines is 1. The summed E-state index contributed by atoms with van der Waals surface area (Å²) in [5.41, 5.74) is 11.5. The molecule has 1 aromatic carbocycles. The smallest absolute Gasteiger partial charge is 0.252 e. The van der Waals surface area contributed by atoms with Crippen LogP contribution in [0.4, 0.5) is 5.69 Å². The van der Waals surface area contributed by atoms with Crippen LogP contribution in [-0.4, -0.2) is 39.4 Å². The highest BCUT2D eigenvalue weighted by molar-refractivity contribution is 5.96. The van der Waals surface area contributed by atoms with Gasteiger partial charge in [0.15, 0.2) is 0 Å². The van der Waals surface area contributed by atoms with Gasteiger partial charge in [-0.15, -0.1) is 0 Å². The molecular weight excluding hydrogens is 236 g/mol. The quantitative estimate of drug-likeness (QED) is 0.517. The summed E-state index contributed by atoms with van der Waals surface area (Å²) in [4.78, 5) is 11.2. The summed E-state index contributed by atoms with van der Waals surface area (Å²) >= 11 is 0. The molecule has 18 heavy (non-hydrogen) atoms. The molecule has 0 heterocycles. The minimum Gasteiger partial charge on any atom is -0.490 e. The number of ether oxygens (including phenoxy) is 3. The zero-order chi connectivity index (χ0) is 13.4. The molecule has 4 N–H and O–H groups in total. The van der Waals surface area contributed by atoms with E-state index < -0.39 is 5.91 Å². The second-order valence-electron chi connectivity index (χ2n) is 3.57. The van der Waals surface area contributed by atoms with Gasteiger partial charge in [0.2, 0.25) is 0 Å². The van der Waals surface area contributed by atoms with Crippen molar-refractivity contribution in [2.24, 2.45) is 5.73 Å². The third-order valence-electron chi connectivity index (χ3n) is 2.19. The Morgan fingerprint density at radius 1 is 1.22 bits per heavy atom. The Morgan fingerprint density at radius 2 is 1.94 bits per heavy atom. The third kappa shape index (κ3) is 4.60. The van der Waals surface area contributed by atoms with E-state index in [1.807, 2.05) is 0 Å². The number of benzene rings is 1. The molecule has 1 aromatic rings. The molecule has 1 rings (SSSR count). The summed E-state index contributed by atoms with van der Waals surface area (Å²) in [5.74, 6) is -0.162. The average Bonchev–Trinajstić information content (AvgIpc) is 2.35. The molecule has 0 aliphatic heterocycles. The van der Waals surface area contributed by atoms with Crippen LogP contribution < -0.4 is 16.2 Å².